The van der Waals surface area contributed by atoms with Gasteiger partial charge in [0.15, 0.2) is 0 Å². The Kier molecular flexibility index (Phi) is 7.48. The van der Waals surface area contributed by atoms with Crippen LogP contribution in [0.4, 0.5) is 5.69 Å². The summed E-state index contributed by atoms with van der Waals surface area (Å²) in [4.78, 5) is 41.4. The van der Waals surface area contributed by atoms with Gasteiger partial charge in [0.1, 0.15) is 9.96 Å². The van der Waals surface area contributed by atoms with Crippen molar-refractivity contribution in [2.45, 2.75) is 10.8 Å². The molecule has 204 valence electrons. The molecule has 0 aliphatic rings. The first-order valence-corrected chi connectivity index (χ1v) is 14.4. The fourth-order valence-corrected chi connectivity index (χ4v) is 6.44. The van der Waals surface area contributed by atoms with Gasteiger partial charge in [-0.05, 0) is 72.3 Å². The monoisotopic (exact) mass is 596 g/mol. The van der Waals surface area contributed by atoms with E-state index in [0.29, 0.717) is 17.7 Å². The number of nitrogens with zero attached hydrogens (tertiary/aromatic N) is 1. The van der Waals surface area contributed by atoms with Crippen LogP contribution in [0.15, 0.2) is 92.7 Å². The maximum absolute atomic E-state index is 13.2. The number of ether oxygens (including phenoxy) is 1. The molecule has 0 aliphatic heterocycles. The second-order valence-corrected chi connectivity index (χ2v) is 12.2. The van der Waals surface area contributed by atoms with E-state index < -0.39 is 27.2 Å². The summed E-state index contributed by atoms with van der Waals surface area (Å²) in [6.07, 6.45) is 0. The standard InChI is InChI=1S/C27H21ClN4O6S2/c1-38-20-4-2-3-16(13-20)15-29-18-7-10-21-22(14-18)30-27(35)32(26(21)34)19-8-5-17(6-9-19)25(33)31-40(36,37)24-12-11-23(28)39-24/h2-14,29H,15H2,1H3,(H,30,35)(H,31,33). The van der Waals surface area contributed by atoms with Crippen LogP contribution < -0.4 is 26.0 Å². The number of amides is 1. The number of benzene rings is 3. The summed E-state index contributed by atoms with van der Waals surface area (Å²) in [6.45, 7) is 0.506. The molecule has 0 spiro atoms. The molecular weight excluding hydrogens is 576 g/mol. The van der Waals surface area contributed by atoms with Crippen LogP contribution in [0.2, 0.25) is 4.34 Å². The number of carbonyl (C=O) groups is 1. The highest BCUT2D eigenvalue weighted by atomic mass is 35.5. The van der Waals surface area contributed by atoms with E-state index in [1.54, 1.807) is 25.3 Å². The number of halogens is 1. The summed E-state index contributed by atoms with van der Waals surface area (Å²) in [6, 6.07) is 20.7. The zero-order valence-electron chi connectivity index (χ0n) is 20.8. The van der Waals surface area contributed by atoms with Crippen molar-refractivity contribution in [1.29, 1.82) is 0 Å². The van der Waals surface area contributed by atoms with Gasteiger partial charge in [-0.1, -0.05) is 23.7 Å². The highest BCUT2D eigenvalue weighted by Gasteiger charge is 2.21. The van der Waals surface area contributed by atoms with Crippen LogP contribution in [0.25, 0.3) is 16.6 Å². The number of thiophene rings is 1. The normalized spacial score (nSPS) is 11.3. The second kappa shape index (κ2) is 11.0. The number of anilines is 1. The minimum absolute atomic E-state index is 0.0204. The largest absolute Gasteiger partial charge is 0.497 e. The van der Waals surface area contributed by atoms with Crippen molar-refractivity contribution in [3.05, 3.63) is 115 Å². The Morgan fingerprint density at radius 2 is 1.80 bits per heavy atom. The van der Waals surface area contributed by atoms with Gasteiger partial charge in [0, 0.05) is 17.8 Å². The van der Waals surface area contributed by atoms with Crippen LogP contribution in [0, 0.1) is 0 Å². The summed E-state index contributed by atoms with van der Waals surface area (Å²) in [7, 11) is -2.50. The van der Waals surface area contributed by atoms with Crippen molar-refractivity contribution in [1.82, 2.24) is 14.3 Å². The third-order valence-corrected chi connectivity index (χ3v) is 9.01. The van der Waals surface area contributed by atoms with Gasteiger partial charge in [-0.15, -0.1) is 11.3 Å². The Bertz CT molecular complexity index is 1960. The lowest BCUT2D eigenvalue weighted by molar-refractivity contribution is 0.0981. The Morgan fingerprint density at radius 1 is 1.02 bits per heavy atom. The average Bonchev–Trinajstić information content (AvgIpc) is 3.39. The summed E-state index contributed by atoms with van der Waals surface area (Å²) in [5.74, 6) is -0.130. The fourth-order valence-electron chi connectivity index (χ4n) is 3.98. The third-order valence-electron chi connectivity index (χ3n) is 5.96. The third kappa shape index (κ3) is 5.64. The highest BCUT2D eigenvalue weighted by Crippen LogP contribution is 2.25. The van der Waals surface area contributed by atoms with Crippen molar-refractivity contribution < 1.29 is 17.9 Å². The van der Waals surface area contributed by atoms with Crippen LogP contribution in [0.1, 0.15) is 15.9 Å². The van der Waals surface area contributed by atoms with E-state index in [-0.39, 0.29) is 25.2 Å². The van der Waals surface area contributed by atoms with Crippen molar-refractivity contribution in [2.24, 2.45) is 0 Å². The molecule has 3 aromatic carbocycles. The van der Waals surface area contributed by atoms with Crippen LogP contribution in [0.3, 0.4) is 0 Å². The number of H-pyrrole nitrogens is 1. The number of methoxy groups -OCH3 is 1. The Morgan fingerprint density at radius 3 is 2.50 bits per heavy atom. The fraction of sp³-hybridized carbons (Fsp3) is 0.0741. The van der Waals surface area contributed by atoms with Crippen LogP contribution in [0.5, 0.6) is 5.75 Å². The number of rotatable bonds is 8. The number of sulfonamides is 1. The number of fused-ring (bicyclic) bond motifs is 1. The van der Waals surface area contributed by atoms with Gasteiger partial charge in [-0.3, -0.25) is 9.59 Å². The molecular formula is C27H21ClN4O6S2. The van der Waals surface area contributed by atoms with E-state index in [0.717, 1.165) is 27.2 Å². The van der Waals surface area contributed by atoms with Gasteiger partial charge in [-0.25, -0.2) is 22.5 Å². The first-order valence-electron chi connectivity index (χ1n) is 11.7. The van der Waals surface area contributed by atoms with Crippen LogP contribution in [-0.4, -0.2) is 31.0 Å². The molecule has 5 aromatic rings. The zero-order valence-corrected chi connectivity index (χ0v) is 23.2. The minimum atomic E-state index is -4.10. The summed E-state index contributed by atoms with van der Waals surface area (Å²) in [5.41, 5.74) is 1.07. The molecule has 1 amide bonds. The van der Waals surface area contributed by atoms with Gasteiger partial charge in [0.25, 0.3) is 21.5 Å². The molecule has 5 rings (SSSR count). The maximum Gasteiger partial charge on any atom is 0.333 e. The molecule has 10 nitrogen and oxygen atoms in total. The first kappa shape index (κ1) is 27.2. The zero-order chi connectivity index (χ0) is 28.4. The predicted molar refractivity (Wildman–Crippen MR) is 154 cm³/mol. The van der Waals surface area contributed by atoms with E-state index in [2.05, 4.69) is 10.3 Å². The van der Waals surface area contributed by atoms with Crippen molar-refractivity contribution in [3.8, 4) is 11.4 Å². The van der Waals surface area contributed by atoms with Crippen molar-refractivity contribution in [3.63, 3.8) is 0 Å². The van der Waals surface area contributed by atoms with Gasteiger partial charge < -0.3 is 15.0 Å². The molecule has 3 N–H and O–H groups in total. The lowest BCUT2D eigenvalue weighted by Crippen LogP contribution is -2.33. The van der Waals surface area contributed by atoms with Crippen LogP contribution in [-0.2, 0) is 16.6 Å². The number of aromatic amines is 1. The van der Waals surface area contributed by atoms with Crippen LogP contribution >= 0.6 is 22.9 Å². The topological polar surface area (TPSA) is 139 Å². The minimum Gasteiger partial charge on any atom is -0.497 e. The van der Waals surface area contributed by atoms with E-state index in [1.807, 2.05) is 29.0 Å². The smallest absolute Gasteiger partial charge is 0.333 e. The molecule has 0 unspecified atom stereocenters. The lowest BCUT2D eigenvalue weighted by Gasteiger charge is -2.11. The van der Waals surface area contributed by atoms with Gasteiger partial charge >= 0.3 is 5.69 Å². The predicted octanol–water partition coefficient (Wildman–Crippen LogP) is 4.13. The Labute approximate surface area is 236 Å². The molecule has 0 bridgehead atoms. The molecule has 2 heterocycles. The number of hydrogen-bond donors (Lipinski definition) is 3. The molecule has 0 saturated carbocycles. The molecule has 0 fully saturated rings. The summed E-state index contributed by atoms with van der Waals surface area (Å²) < 4.78 is 33.2. The van der Waals surface area contributed by atoms with E-state index >= 15 is 0 Å². The number of hydrogen-bond acceptors (Lipinski definition) is 8. The van der Waals surface area contributed by atoms with Gasteiger partial charge in [-0.2, -0.15) is 0 Å². The Hall–Kier alpha value is -4.39. The molecule has 0 saturated heterocycles. The van der Waals surface area contributed by atoms with Gasteiger partial charge in [0.05, 0.1) is 28.0 Å². The van der Waals surface area contributed by atoms with Crippen molar-refractivity contribution in [2.75, 3.05) is 12.4 Å². The van der Waals surface area contributed by atoms with E-state index in [4.69, 9.17) is 16.3 Å². The summed E-state index contributed by atoms with van der Waals surface area (Å²) >= 11 is 6.61. The molecule has 0 radical (unpaired) electrons. The average molecular weight is 597 g/mol. The SMILES string of the molecule is COc1cccc(CNc2ccc3c(=O)n(-c4ccc(C(=O)NS(=O)(=O)c5ccc(Cl)s5)cc4)c(=O)[nH]c3c2)c1. The Balaban J connectivity index is 1.36. The molecule has 0 atom stereocenters. The maximum atomic E-state index is 13.2. The molecule has 2 aromatic heterocycles. The lowest BCUT2D eigenvalue weighted by atomic mass is 10.1. The van der Waals surface area contributed by atoms with Gasteiger partial charge in [0.2, 0.25) is 0 Å². The molecule has 40 heavy (non-hydrogen) atoms. The first-order chi connectivity index (χ1) is 19.1. The quantitative estimate of drug-likeness (QED) is 0.245. The number of nitrogens with one attached hydrogen (secondary N) is 3. The number of carbonyl (C=O) groups excluding carboxylic acids is 1. The molecule has 0 aliphatic carbocycles. The van der Waals surface area contributed by atoms with E-state index in [9.17, 15) is 22.8 Å². The number of aromatic nitrogens is 2. The summed E-state index contributed by atoms with van der Waals surface area (Å²) in [5, 5.41) is 3.55. The van der Waals surface area contributed by atoms with E-state index in [1.165, 1.54) is 36.4 Å². The highest BCUT2D eigenvalue weighted by molar-refractivity contribution is 7.92. The molecule has 13 heteroatoms. The van der Waals surface area contributed by atoms with Crippen molar-refractivity contribution >= 4 is 55.5 Å². The second-order valence-electron chi connectivity index (χ2n) is 8.58.